The fraction of sp³-hybridized carbons (Fsp3) is 0.760. The molecule has 0 atom stereocenters. The minimum Gasteiger partial charge on any atom is -0.462 e. The lowest BCUT2D eigenvalue weighted by Gasteiger charge is -2.11. The zero-order valence-electron chi connectivity index (χ0n) is 19.2. The Bertz CT molecular complexity index is 653. The summed E-state index contributed by atoms with van der Waals surface area (Å²) >= 11 is 1.59. The zero-order valence-corrected chi connectivity index (χ0v) is 20.0. The molecule has 2 rings (SSSR count). The summed E-state index contributed by atoms with van der Waals surface area (Å²) in [6.07, 6.45) is 18.3. The van der Waals surface area contributed by atoms with Crippen LogP contribution >= 0.6 is 11.3 Å². The number of fused-ring (bicyclic) bond motifs is 1. The predicted molar refractivity (Wildman–Crippen MR) is 127 cm³/mol. The summed E-state index contributed by atoms with van der Waals surface area (Å²) < 4.78 is 5.32. The second-order valence-corrected chi connectivity index (χ2v) is 9.57. The number of amides is 1. The van der Waals surface area contributed by atoms with Crippen LogP contribution in [0.3, 0.4) is 0 Å². The predicted octanol–water partition coefficient (Wildman–Crippen LogP) is 7.44. The number of hydrogen-bond acceptors (Lipinski definition) is 4. The number of hydrogen-bond donors (Lipinski definition) is 1. The van der Waals surface area contributed by atoms with E-state index in [1.54, 1.807) is 11.3 Å². The van der Waals surface area contributed by atoms with Gasteiger partial charge in [-0.05, 0) is 44.6 Å². The molecule has 30 heavy (non-hydrogen) atoms. The second-order valence-electron chi connectivity index (χ2n) is 8.47. The first-order chi connectivity index (χ1) is 14.7. The van der Waals surface area contributed by atoms with Gasteiger partial charge in [0.25, 0.3) is 0 Å². The van der Waals surface area contributed by atoms with Crippen molar-refractivity contribution in [3.8, 4) is 0 Å². The van der Waals surface area contributed by atoms with Crippen LogP contribution in [-0.4, -0.2) is 18.5 Å². The van der Waals surface area contributed by atoms with Crippen molar-refractivity contribution in [2.75, 3.05) is 11.9 Å². The SMILES string of the molecule is CCCCCCCCCCCC(=O)Nc1sc2c(c1C(=O)OCC)CCCCCC2. The van der Waals surface area contributed by atoms with Gasteiger partial charge >= 0.3 is 5.97 Å². The van der Waals surface area contributed by atoms with E-state index in [0.29, 0.717) is 23.6 Å². The van der Waals surface area contributed by atoms with Crippen LogP contribution in [0, 0.1) is 0 Å². The minimum atomic E-state index is -0.283. The molecule has 0 radical (unpaired) electrons. The van der Waals surface area contributed by atoms with Crippen LogP contribution in [0.25, 0.3) is 0 Å². The van der Waals surface area contributed by atoms with E-state index in [0.717, 1.165) is 44.1 Å². The fourth-order valence-corrected chi connectivity index (χ4v) is 5.51. The summed E-state index contributed by atoms with van der Waals surface area (Å²) in [5, 5.41) is 3.76. The number of aryl methyl sites for hydroxylation is 1. The van der Waals surface area contributed by atoms with E-state index < -0.39 is 0 Å². The third-order valence-corrected chi connectivity index (χ3v) is 7.12. The Morgan fingerprint density at radius 3 is 2.17 bits per heavy atom. The standard InChI is InChI=1S/C25H41NO3S/c1-3-5-6-7-8-9-10-11-16-19-22(27)26-24-23(25(28)29-4-2)20-17-14-12-13-15-18-21(20)30-24/h3-19H2,1-2H3,(H,26,27). The summed E-state index contributed by atoms with van der Waals surface area (Å²) in [4.78, 5) is 26.4. The van der Waals surface area contributed by atoms with Crippen molar-refractivity contribution in [2.45, 2.75) is 117 Å². The Morgan fingerprint density at radius 2 is 1.50 bits per heavy atom. The van der Waals surface area contributed by atoms with Crippen LogP contribution in [0.2, 0.25) is 0 Å². The Labute approximate surface area is 187 Å². The van der Waals surface area contributed by atoms with Crippen LogP contribution in [0.4, 0.5) is 5.00 Å². The first-order valence-electron chi connectivity index (χ1n) is 12.3. The number of thiophene rings is 1. The minimum absolute atomic E-state index is 0.0257. The molecule has 0 spiro atoms. The molecule has 0 aliphatic heterocycles. The molecule has 0 saturated heterocycles. The van der Waals surface area contributed by atoms with Gasteiger partial charge in [-0.1, -0.05) is 71.1 Å². The number of nitrogens with one attached hydrogen (secondary N) is 1. The molecule has 1 aliphatic rings. The van der Waals surface area contributed by atoms with E-state index >= 15 is 0 Å². The van der Waals surface area contributed by atoms with E-state index in [9.17, 15) is 9.59 Å². The normalized spacial score (nSPS) is 13.9. The Morgan fingerprint density at radius 1 is 0.867 bits per heavy atom. The van der Waals surface area contributed by atoms with Crippen molar-refractivity contribution in [3.63, 3.8) is 0 Å². The van der Waals surface area contributed by atoms with Crippen molar-refractivity contribution >= 4 is 28.2 Å². The molecule has 0 saturated carbocycles. The number of carbonyl (C=O) groups excluding carboxylic acids is 2. The lowest BCUT2D eigenvalue weighted by atomic mass is 9.96. The topological polar surface area (TPSA) is 55.4 Å². The summed E-state index contributed by atoms with van der Waals surface area (Å²) in [7, 11) is 0. The largest absolute Gasteiger partial charge is 0.462 e. The highest BCUT2D eigenvalue weighted by molar-refractivity contribution is 7.17. The second kappa shape index (κ2) is 14.6. The van der Waals surface area contributed by atoms with Crippen LogP contribution in [0.5, 0.6) is 0 Å². The average Bonchev–Trinajstić information content (AvgIpc) is 3.03. The molecule has 4 nitrogen and oxygen atoms in total. The molecule has 1 aromatic heterocycles. The molecule has 1 amide bonds. The smallest absolute Gasteiger partial charge is 0.341 e. The Balaban J connectivity index is 1.85. The Hall–Kier alpha value is -1.36. The van der Waals surface area contributed by atoms with Gasteiger partial charge in [0.1, 0.15) is 5.00 Å². The summed E-state index contributed by atoms with van der Waals surface area (Å²) in [5.41, 5.74) is 1.75. The first-order valence-corrected chi connectivity index (χ1v) is 13.1. The van der Waals surface area contributed by atoms with Gasteiger partial charge in [0.2, 0.25) is 5.91 Å². The Kier molecular flexibility index (Phi) is 12.1. The van der Waals surface area contributed by atoms with Gasteiger partial charge in [0.15, 0.2) is 0 Å². The number of rotatable bonds is 13. The van der Waals surface area contributed by atoms with Gasteiger partial charge in [-0.15, -0.1) is 11.3 Å². The molecule has 0 aromatic carbocycles. The molecule has 170 valence electrons. The van der Waals surface area contributed by atoms with Gasteiger partial charge in [-0.3, -0.25) is 4.79 Å². The van der Waals surface area contributed by atoms with E-state index in [-0.39, 0.29) is 11.9 Å². The molecule has 1 N–H and O–H groups in total. The third kappa shape index (κ3) is 8.41. The first kappa shape index (κ1) is 24.9. The van der Waals surface area contributed by atoms with Gasteiger partial charge in [-0.25, -0.2) is 4.79 Å². The number of unbranched alkanes of at least 4 members (excludes halogenated alkanes) is 8. The third-order valence-electron chi connectivity index (χ3n) is 5.91. The van der Waals surface area contributed by atoms with Crippen molar-refractivity contribution in [2.24, 2.45) is 0 Å². The van der Waals surface area contributed by atoms with E-state index in [1.165, 1.54) is 62.7 Å². The van der Waals surface area contributed by atoms with E-state index in [1.807, 2.05) is 6.92 Å². The van der Waals surface area contributed by atoms with Crippen molar-refractivity contribution in [1.29, 1.82) is 0 Å². The van der Waals surface area contributed by atoms with Crippen molar-refractivity contribution in [3.05, 3.63) is 16.0 Å². The van der Waals surface area contributed by atoms with Crippen LogP contribution in [0.15, 0.2) is 0 Å². The zero-order chi connectivity index (χ0) is 21.6. The van der Waals surface area contributed by atoms with Crippen molar-refractivity contribution in [1.82, 2.24) is 0 Å². The highest BCUT2D eigenvalue weighted by atomic mass is 32.1. The lowest BCUT2D eigenvalue weighted by molar-refractivity contribution is -0.116. The number of carbonyl (C=O) groups is 2. The fourth-order valence-electron chi connectivity index (χ4n) is 4.21. The maximum atomic E-state index is 12.6. The van der Waals surface area contributed by atoms with Crippen LogP contribution < -0.4 is 5.32 Å². The molecule has 5 heteroatoms. The lowest BCUT2D eigenvalue weighted by Crippen LogP contribution is -2.15. The maximum absolute atomic E-state index is 12.6. The average molecular weight is 436 g/mol. The number of ether oxygens (including phenoxy) is 1. The molecular formula is C25H41NO3S. The van der Waals surface area contributed by atoms with Gasteiger partial charge in [0, 0.05) is 11.3 Å². The molecule has 1 aromatic rings. The van der Waals surface area contributed by atoms with Gasteiger partial charge in [0.05, 0.1) is 12.2 Å². The summed E-state index contributed by atoms with van der Waals surface area (Å²) in [5.74, 6) is -0.258. The number of esters is 1. The van der Waals surface area contributed by atoms with Gasteiger partial charge in [-0.2, -0.15) is 0 Å². The van der Waals surface area contributed by atoms with E-state index in [4.69, 9.17) is 4.74 Å². The maximum Gasteiger partial charge on any atom is 0.341 e. The van der Waals surface area contributed by atoms with E-state index in [2.05, 4.69) is 12.2 Å². The quantitative estimate of drug-likeness (QED) is 0.259. The van der Waals surface area contributed by atoms with Crippen LogP contribution in [-0.2, 0) is 22.4 Å². The molecule has 0 fully saturated rings. The van der Waals surface area contributed by atoms with Crippen molar-refractivity contribution < 1.29 is 14.3 Å². The summed E-state index contributed by atoms with van der Waals surface area (Å²) in [6, 6.07) is 0. The van der Waals surface area contributed by atoms with Crippen LogP contribution in [0.1, 0.15) is 125 Å². The molecule has 0 bridgehead atoms. The molecular weight excluding hydrogens is 394 g/mol. The van der Waals surface area contributed by atoms with Gasteiger partial charge < -0.3 is 10.1 Å². The monoisotopic (exact) mass is 435 g/mol. The molecule has 1 aliphatic carbocycles. The molecule has 0 unspecified atom stereocenters. The number of anilines is 1. The summed E-state index contributed by atoms with van der Waals surface area (Å²) in [6.45, 7) is 4.43. The molecule has 1 heterocycles. The highest BCUT2D eigenvalue weighted by Crippen LogP contribution is 2.37. The highest BCUT2D eigenvalue weighted by Gasteiger charge is 2.26.